The normalized spacial score (nSPS) is 18.3. The van der Waals surface area contributed by atoms with Crippen LogP contribution >= 0.6 is 0 Å². The molecule has 0 amide bonds. The Morgan fingerprint density at radius 2 is 1.50 bits per heavy atom. The molecule has 1 heteroatoms. The van der Waals surface area contributed by atoms with Gasteiger partial charge in [0.15, 0.2) is 5.60 Å². The first kappa shape index (κ1) is 13.4. The van der Waals surface area contributed by atoms with E-state index in [9.17, 15) is 5.11 Å². The van der Waals surface area contributed by atoms with E-state index in [2.05, 4.69) is 42.3 Å². The van der Waals surface area contributed by atoms with Gasteiger partial charge in [-0.25, -0.2) is 0 Å². The smallest absolute Gasteiger partial charge is 0.178 e. The molecule has 1 N–H and O–H groups in total. The molecule has 1 nitrogen and oxygen atoms in total. The van der Waals surface area contributed by atoms with Gasteiger partial charge in [-0.1, -0.05) is 78.7 Å². The second-order valence-electron chi connectivity index (χ2n) is 6.27. The maximum Gasteiger partial charge on any atom is 0.178 e. The highest BCUT2D eigenvalue weighted by Crippen LogP contribution is 2.49. The molecule has 0 radical (unpaired) electrons. The number of aliphatic hydroxyl groups is 1. The van der Waals surface area contributed by atoms with Gasteiger partial charge in [-0.3, -0.25) is 0 Å². The van der Waals surface area contributed by atoms with E-state index in [-0.39, 0.29) is 0 Å². The Bertz CT molecular complexity index is 1170. The summed E-state index contributed by atoms with van der Waals surface area (Å²) in [6, 6.07) is 24.4. The molecule has 0 saturated heterocycles. The molecule has 1 aliphatic rings. The minimum atomic E-state index is -1.43. The molecule has 112 valence electrons. The first-order chi connectivity index (χ1) is 11.7. The van der Waals surface area contributed by atoms with Crippen LogP contribution in [0.3, 0.4) is 0 Å². The fourth-order valence-corrected chi connectivity index (χ4v) is 4.04. The van der Waals surface area contributed by atoms with Crippen molar-refractivity contribution in [3.05, 3.63) is 83.9 Å². The van der Waals surface area contributed by atoms with Crippen molar-refractivity contribution in [2.75, 3.05) is 0 Å². The maximum atomic E-state index is 11.6. The first-order valence-electron chi connectivity index (χ1n) is 7.99. The predicted molar refractivity (Wildman–Crippen MR) is 98.7 cm³/mol. The number of rotatable bonds is 0. The number of hydrogen-bond acceptors (Lipinski definition) is 1. The summed E-state index contributed by atoms with van der Waals surface area (Å²) in [5.41, 5.74) is 2.32. The van der Waals surface area contributed by atoms with Crippen LogP contribution in [0.5, 0.6) is 0 Å². The lowest BCUT2D eigenvalue weighted by atomic mass is 9.72. The van der Waals surface area contributed by atoms with E-state index in [0.717, 1.165) is 43.8 Å². The summed E-state index contributed by atoms with van der Waals surface area (Å²) in [5, 5.41) is 15.8. The van der Waals surface area contributed by atoms with Crippen LogP contribution in [0.25, 0.3) is 32.7 Å². The molecule has 0 spiro atoms. The minimum Gasteiger partial charge on any atom is -0.369 e. The number of benzene rings is 4. The summed E-state index contributed by atoms with van der Waals surface area (Å²) in [4.78, 5) is 0. The lowest BCUT2D eigenvalue weighted by molar-refractivity contribution is 0.148. The first-order valence-corrected chi connectivity index (χ1v) is 7.99. The quantitative estimate of drug-likeness (QED) is 0.461. The third-order valence-corrected chi connectivity index (χ3v) is 5.08. The lowest BCUT2D eigenvalue weighted by Gasteiger charge is -2.33. The topological polar surface area (TPSA) is 20.2 Å². The molecule has 5 rings (SSSR count). The third-order valence-electron chi connectivity index (χ3n) is 5.08. The van der Waals surface area contributed by atoms with Crippen molar-refractivity contribution in [2.24, 2.45) is 0 Å². The molecular formula is C23H14O. The lowest BCUT2D eigenvalue weighted by Crippen LogP contribution is -2.29. The summed E-state index contributed by atoms with van der Waals surface area (Å²) < 4.78 is 0. The highest BCUT2D eigenvalue weighted by atomic mass is 16.3. The van der Waals surface area contributed by atoms with Gasteiger partial charge in [0.1, 0.15) is 0 Å². The second-order valence-corrected chi connectivity index (χ2v) is 6.27. The SMILES string of the molecule is C#CC1(O)c2c(ccc3ccccc23)-c2cccc3cccc1c23. The van der Waals surface area contributed by atoms with Crippen LogP contribution in [0.4, 0.5) is 0 Å². The van der Waals surface area contributed by atoms with E-state index in [0.29, 0.717) is 0 Å². The monoisotopic (exact) mass is 306 g/mol. The Morgan fingerprint density at radius 1 is 0.750 bits per heavy atom. The average molecular weight is 306 g/mol. The van der Waals surface area contributed by atoms with Crippen LogP contribution in [0, 0.1) is 12.3 Å². The minimum absolute atomic E-state index is 0.793. The molecule has 0 aliphatic heterocycles. The van der Waals surface area contributed by atoms with Crippen LogP contribution in [0.15, 0.2) is 72.8 Å². The fraction of sp³-hybridized carbons (Fsp3) is 0.0435. The highest BCUT2D eigenvalue weighted by Gasteiger charge is 2.39. The molecule has 1 aliphatic carbocycles. The Morgan fingerprint density at radius 3 is 2.33 bits per heavy atom. The molecule has 24 heavy (non-hydrogen) atoms. The van der Waals surface area contributed by atoms with Crippen molar-refractivity contribution in [2.45, 2.75) is 5.60 Å². The molecular weight excluding hydrogens is 292 g/mol. The Labute approximate surface area is 140 Å². The van der Waals surface area contributed by atoms with Crippen LogP contribution in [-0.4, -0.2) is 5.11 Å². The summed E-state index contributed by atoms with van der Waals surface area (Å²) in [6.45, 7) is 0. The Balaban J connectivity index is 2.09. The molecule has 4 aromatic carbocycles. The average Bonchev–Trinajstić information content (AvgIpc) is 2.65. The second kappa shape index (κ2) is 4.47. The van der Waals surface area contributed by atoms with Gasteiger partial charge in [0.2, 0.25) is 0 Å². The Hall–Kier alpha value is -3.08. The van der Waals surface area contributed by atoms with Gasteiger partial charge in [0.25, 0.3) is 0 Å². The third kappa shape index (κ3) is 1.49. The van der Waals surface area contributed by atoms with Gasteiger partial charge in [-0.15, -0.1) is 6.42 Å². The van der Waals surface area contributed by atoms with Gasteiger partial charge >= 0.3 is 0 Å². The largest absolute Gasteiger partial charge is 0.369 e. The summed E-state index contributed by atoms with van der Waals surface area (Å²) in [6.07, 6.45) is 5.88. The summed E-state index contributed by atoms with van der Waals surface area (Å²) >= 11 is 0. The molecule has 1 unspecified atom stereocenters. The van der Waals surface area contributed by atoms with Crippen molar-refractivity contribution >= 4 is 21.5 Å². The van der Waals surface area contributed by atoms with Crippen molar-refractivity contribution < 1.29 is 5.11 Å². The summed E-state index contributed by atoms with van der Waals surface area (Å²) in [7, 11) is 0. The molecule has 0 bridgehead atoms. The molecule has 0 fully saturated rings. The van der Waals surface area contributed by atoms with Gasteiger partial charge in [0, 0.05) is 11.1 Å². The van der Waals surface area contributed by atoms with E-state index in [4.69, 9.17) is 6.42 Å². The van der Waals surface area contributed by atoms with Gasteiger partial charge in [-0.2, -0.15) is 0 Å². The highest BCUT2D eigenvalue weighted by molar-refractivity contribution is 6.07. The summed E-state index contributed by atoms with van der Waals surface area (Å²) in [5.74, 6) is 2.69. The zero-order chi connectivity index (χ0) is 16.3. The van der Waals surface area contributed by atoms with Crippen molar-refractivity contribution in [1.82, 2.24) is 0 Å². The van der Waals surface area contributed by atoms with Gasteiger partial charge in [0.05, 0.1) is 0 Å². The van der Waals surface area contributed by atoms with Crippen LogP contribution < -0.4 is 0 Å². The number of terminal acetylenes is 1. The van der Waals surface area contributed by atoms with E-state index >= 15 is 0 Å². The number of fused-ring (bicyclic) bond motifs is 4. The van der Waals surface area contributed by atoms with Crippen LogP contribution in [0.1, 0.15) is 11.1 Å². The maximum absolute atomic E-state index is 11.6. The van der Waals surface area contributed by atoms with Crippen molar-refractivity contribution in [3.8, 4) is 23.5 Å². The van der Waals surface area contributed by atoms with E-state index in [1.807, 2.05) is 36.4 Å². The van der Waals surface area contributed by atoms with E-state index in [1.54, 1.807) is 0 Å². The molecule has 4 aromatic rings. The van der Waals surface area contributed by atoms with Crippen LogP contribution in [0.2, 0.25) is 0 Å². The van der Waals surface area contributed by atoms with Gasteiger partial charge in [-0.05, 0) is 32.7 Å². The fourth-order valence-electron chi connectivity index (χ4n) is 4.04. The number of hydrogen-bond donors (Lipinski definition) is 1. The zero-order valence-electron chi connectivity index (χ0n) is 13.0. The standard InChI is InChI=1S/C23H14O/c1-2-23(24)20-12-6-9-16-8-5-11-18(21(16)20)19-14-13-15-7-3-4-10-17(15)22(19)23/h1,3-14,24H. The van der Waals surface area contributed by atoms with E-state index < -0.39 is 5.60 Å². The van der Waals surface area contributed by atoms with Gasteiger partial charge < -0.3 is 5.11 Å². The molecule has 0 heterocycles. The van der Waals surface area contributed by atoms with Crippen molar-refractivity contribution in [1.29, 1.82) is 0 Å². The molecule has 1 atom stereocenters. The predicted octanol–water partition coefficient (Wildman–Crippen LogP) is 4.84. The molecule has 0 aromatic heterocycles. The van der Waals surface area contributed by atoms with Crippen LogP contribution in [-0.2, 0) is 5.60 Å². The zero-order valence-corrected chi connectivity index (χ0v) is 13.0. The van der Waals surface area contributed by atoms with Crippen molar-refractivity contribution in [3.63, 3.8) is 0 Å². The Kier molecular flexibility index (Phi) is 2.49. The van der Waals surface area contributed by atoms with E-state index in [1.165, 1.54) is 0 Å². The molecule has 0 saturated carbocycles.